The van der Waals surface area contributed by atoms with Crippen molar-refractivity contribution in [3.63, 3.8) is 0 Å². The summed E-state index contributed by atoms with van der Waals surface area (Å²) >= 11 is 0. The summed E-state index contributed by atoms with van der Waals surface area (Å²) in [6.45, 7) is 6.43. The van der Waals surface area contributed by atoms with E-state index in [9.17, 15) is 14.4 Å². The van der Waals surface area contributed by atoms with Crippen molar-refractivity contribution < 1.29 is 28.6 Å². The van der Waals surface area contributed by atoms with Gasteiger partial charge in [-0.2, -0.15) is 0 Å². The fourth-order valence-corrected chi connectivity index (χ4v) is 7.35. The van der Waals surface area contributed by atoms with Crippen molar-refractivity contribution in [3.05, 3.63) is 146 Å². The molecule has 0 unspecified atom stereocenters. The van der Waals surface area contributed by atoms with Gasteiger partial charge in [-0.15, -0.1) is 0 Å². The topological polar surface area (TPSA) is 78.9 Å². The third-order valence-corrected chi connectivity index (χ3v) is 11.8. The summed E-state index contributed by atoms with van der Waals surface area (Å²) in [7, 11) is 0. The van der Waals surface area contributed by atoms with Gasteiger partial charge in [0, 0.05) is 19.3 Å². The van der Waals surface area contributed by atoms with E-state index in [1.165, 1.54) is 77.0 Å². The van der Waals surface area contributed by atoms with Crippen LogP contribution in [0.5, 0.6) is 0 Å². The number of esters is 3. The molecule has 6 nitrogen and oxygen atoms in total. The molecule has 0 aromatic carbocycles. The van der Waals surface area contributed by atoms with Crippen LogP contribution in [0.4, 0.5) is 0 Å². The molecule has 0 saturated heterocycles. The highest BCUT2D eigenvalue weighted by molar-refractivity contribution is 5.71. The predicted octanol–water partition coefficient (Wildman–Crippen LogP) is 20.0. The fourth-order valence-electron chi connectivity index (χ4n) is 7.35. The molecule has 0 spiro atoms. The van der Waals surface area contributed by atoms with Crippen molar-refractivity contribution >= 4 is 17.9 Å². The van der Waals surface area contributed by atoms with Gasteiger partial charge in [-0.05, 0) is 141 Å². The molecule has 0 N–H and O–H groups in total. The first kappa shape index (κ1) is 68.3. The fraction of sp³-hybridized carbons (Fsp3) is 0.597. The van der Waals surface area contributed by atoms with E-state index in [-0.39, 0.29) is 44.0 Å². The smallest absolute Gasteiger partial charge is 0.306 e. The Morgan fingerprint density at radius 2 is 0.521 bits per heavy atom. The van der Waals surface area contributed by atoms with Crippen LogP contribution in [0.2, 0.25) is 0 Å². The van der Waals surface area contributed by atoms with Crippen molar-refractivity contribution in [2.45, 2.75) is 245 Å². The molecule has 0 fully saturated rings. The first-order valence-electron chi connectivity index (χ1n) is 29.3. The Morgan fingerprint density at radius 3 is 0.849 bits per heavy atom. The SMILES string of the molecule is CCCCC/C=C\C/C=C\C/C=C\C/C=C\C/C=C\CCC(=O)OC[C@H](COC(=O)CCCCC/C=C\C/C=C\C/C=C\C/C=C\CCCCC)OC(=O)CCCCCC/C=C\C/C=C\C/C=C\CCCCC. The zero-order valence-corrected chi connectivity index (χ0v) is 46.8. The zero-order chi connectivity index (χ0) is 52.9. The summed E-state index contributed by atoms with van der Waals surface area (Å²) in [5.74, 6) is -1.07. The standard InChI is InChI=1S/C67H106O6/c1-4-7-10-13-16-19-22-25-28-31-33-36-38-41-44-47-50-53-56-59-65(68)71-62-64(73-67(70)61-58-55-52-49-46-43-40-35-30-27-24-21-18-15-12-9-6-3)63-72-66(69)60-57-54-51-48-45-42-39-37-34-32-29-26-23-20-17-14-11-8-5-2/h16-21,25-30,33-34,36-37,40-45,50,53,64H,4-15,22-24,31-32,35,38-39,46-49,51-52,54-63H2,1-3H3/b19-16-,20-17-,21-18-,28-25-,29-26-,30-27-,36-33-,37-34-,43-40-,44-41-,45-42-,53-50-/t64-/m1/s1. The number of unbranched alkanes of at least 4 members (excludes halogenated alkanes) is 16. The van der Waals surface area contributed by atoms with Gasteiger partial charge in [-0.3, -0.25) is 14.4 Å². The van der Waals surface area contributed by atoms with Crippen LogP contribution in [0.25, 0.3) is 0 Å². The maximum Gasteiger partial charge on any atom is 0.306 e. The average Bonchev–Trinajstić information content (AvgIpc) is 3.39. The average molecular weight is 1010 g/mol. The Bertz CT molecular complexity index is 1630. The maximum absolute atomic E-state index is 12.9. The number of carbonyl (C=O) groups is 3. The minimum Gasteiger partial charge on any atom is -0.462 e. The first-order valence-corrected chi connectivity index (χ1v) is 29.3. The number of ether oxygens (including phenoxy) is 3. The van der Waals surface area contributed by atoms with Crippen LogP contribution in [0.15, 0.2) is 146 Å². The van der Waals surface area contributed by atoms with E-state index in [1.807, 2.05) is 12.2 Å². The molecule has 410 valence electrons. The van der Waals surface area contributed by atoms with Crippen molar-refractivity contribution in [3.8, 4) is 0 Å². The molecule has 0 aliphatic heterocycles. The molecule has 0 aromatic rings. The van der Waals surface area contributed by atoms with Gasteiger partial charge < -0.3 is 14.2 Å². The molecule has 0 amide bonds. The van der Waals surface area contributed by atoms with E-state index in [0.717, 1.165) is 116 Å². The van der Waals surface area contributed by atoms with Gasteiger partial charge in [0.1, 0.15) is 13.2 Å². The van der Waals surface area contributed by atoms with Gasteiger partial charge in [0.15, 0.2) is 6.10 Å². The van der Waals surface area contributed by atoms with Gasteiger partial charge in [0.05, 0.1) is 0 Å². The summed E-state index contributed by atoms with van der Waals surface area (Å²) in [5, 5.41) is 0. The molecule has 6 heteroatoms. The highest BCUT2D eigenvalue weighted by atomic mass is 16.6. The van der Waals surface area contributed by atoms with Gasteiger partial charge in [-0.1, -0.05) is 224 Å². The Morgan fingerprint density at radius 1 is 0.274 bits per heavy atom. The molecule has 0 radical (unpaired) electrons. The van der Waals surface area contributed by atoms with Crippen LogP contribution in [-0.4, -0.2) is 37.2 Å². The number of carbonyl (C=O) groups excluding carboxylic acids is 3. The van der Waals surface area contributed by atoms with Crippen molar-refractivity contribution in [1.29, 1.82) is 0 Å². The van der Waals surface area contributed by atoms with E-state index >= 15 is 0 Å². The monoisotopic (exact) mass is 1010 g/mol. The van der Waals surface area contributed by atoms with E-state index in [0.29, 0.717) is 12.8 Å². The summed E-state index contributed by atoms with van der Waals surface area (Å²) in [4.78, 5) is 38.2. The van der Waals surface area contributed by atoms with Gasteiger partial charge >= 0.3 is 17.9 Å². The lowest BCUT2D eigenvalue weighted by Gasteiger charge is -2.18. The van der Waals surface area contributed by atoms with E-state index in [4.69, 9.17) is 14.2 Å². The first-order chi connectivity index (χ1) is 36.0. The van der Waals surface area contributed by atoms with Crippen LogP contribution < -0.4 is 0 Å². The lowest BCUT2D eigenvalue weighted by molar-refractivity contribution is -0.166. The Kier molecular flexibility index (Phi) is 56.0. The minimum absolute atomic E-state index is 0.133. The van der Waals surface area contributed by atoms with Crippen molar-refractivity contribution in [2.75, 3.05) is 13.2 Å². The van der Waals surface area contributed by atoms with Crippen LogP contribution in [0.3, 0.4) is 0 Å². The third-order valence-electron chi connectivity index (χ3n) is 11.8. The molecule has 0 aliphatic carbocycles. The summed E-state index contributed by atoms with van der Waals surface area (Å²) < 4.78 is 16.8. The zero-order valence-electron chi connectivity index (χ0n) is 46.8. The second kappa shape index (κ2) is 59.8. The van der Waals surface area contributed by atoms with Crippen LogP contribution in [0, 0.1) is 0 Å². The molecule has 0 aromatic heterocycles. The molecule has 1 atom stereocenters. The van der Waals surface area contributed by atoms with Crippen LogP contribution >= 0.6 is 0 Å². The summed E-state index contributed by atoms with van der Waals surface area (Å²) in [5.41, 5.74) is 0. The molecule has 0 bridgehead atoms. The number of hydrogen-bond donors (Lipinski definition) is 0. The number of allylic oxidation sites excluding steroid dienone is 24. The van der Waals surface area contributed by atoms with E-state index in [2.05, 4.69) is 154 Å². The Labute approximate surface area is 448 Å². The van der Waals surface area contributed by atoms with Crippen LogP contribution in [-0.2, 0) is 28.6 Å². The Hall–Kier alpha value is -4.71. The van der Waals surface area contributed by atoms with Crippen molar-refractivity contribution in [2.24, 2.45) is 0 Å². The molecule has 0 rings (SSSR count). The quantitative estimate of drug-likeness (QED) is 0.0261. The third kappa shape index (κ3) is 58.1. The van der Waals surface area contributed by atoms with Gasteiger partial charge in [0.2, 0.25) is 0 Å². The minimum atomic E-state index is -0.841. The van der Waals surface area contributed by atoms with E-state index in [1.54, 1.807) is 0 Å². The van der Waals surface area contributed by atoms with E-state index < -0.39 is 6.10 Å². The summed E-state index contributed by atoms with van der Waals surface area (Å²) in [6.07, 6.45) is 85.5. The Balaban J connectivity index is 4.63. The second-order valence-corrected chi connectivity index (χ2v) is 18.8. The lowest BCUT2D eigenvalue weighted by Crippen LogP contribution is -2.30. The highest BCUT2D eigenvalue weighted by Crippen LogP contribution is 2.11. The summed E-state index contributed by atoms with van der Waals surface area (Å²) in [6, 6.07) is 0. The highest BCUT2D eigenvalue weighted by Gasteiger charge is 2.19. The largest absolute Gasteiger partial charge is 0.462 e. The number of rotatable bonds is 51. The van der Waals surface area contributed by atoms with Crippen LogP contribution in [0.1, 0.15) is 239 Å². The molecule has 0 saturated carbocycles. The molecular formula is C67H106O6. The molecule has 73 heavy (non-hydrogen) atoms. The second-order valence-electron chi connectivity index (χ2n) is 18.8. The van der Waals surface area contributed by atoms with Gasteiger partial charge in [0.25, 0.3) is 0 Å². The molecular weight excluding hydrogens is 901 g/mol. The lowest BCUT2D eigenvalue weighted by atomic mass is 10.1. The molecule has 0 aliphatic rings. The number of hydrogen-bond acceptors (Lipinski definition) is 6. The molecule has 0 heterocycles. The van der Waals surface area contributed by atoms with Gasteiger partial charge in [-0.25, -0.2) is 0 Å². The normalized spacial score (nSPS) is 13.2. The maximum atomic E-state index is 12.9. The predicted molar refractivity (Wildman–Crippen MR) is 315 cm³/mol. The van der Waals surface area contributed by atoms with Crippen molar-refractivity contribution in [1.82, 2.24) is 0 Å².